The molecule has 0 radical (unpaired) electrons. The van der Waals surface area contributed by atoms with Crippen LogP contribution in [0.2, 0.25) is 0 Å². The van der Waals surface area contributed by atoms with E-state index in [1.807, 2.05) is 60.7 Å². The van der Waals surface area contributed by atoms with E-state index in [1.165, 1.54) is 0 Å². The smallest absolute Gasteiger partial charge is 0.227 e. The van der Waals surface area contributed by atoms with Crippen LogP contribution >= 0.6 is 0 Å². The van der Waals surface area contributed by atoms with Crippen LogP contribution in [0.25, 0.3) is 112 Å². The van der Waals surface area contributed by atoms with Gasteiger partial charge in [-0.1, -0.05) is 78.9 Å². The number of imidazole rings is 1. The van der Waals surface area contributed by atoms with Crippen LogP contribution in [0.1, 0.15) is 0 Å². The summed E-state index contributed by atoms with van der Waals surface area (Å²) in [6.45, 7) is 0. The Balaban J connectivity index is 1.01. The Morgan fingerprint density at radius 3 is 1.59 bits per heavy atom. The van der Waals surface area contributed by atoms with Crippen LogP contribution in [-0.4, -0.2) is 24.1 Å². The zero-order valence-electron chi connectivity index (χ0n) is 31.0. The van der Waals surface area contributed by atoms with Gasteiger partial charge in [-0.25, -0.2) is 15.0 Å². The summed E-state index contributed by atoms with van der Waals surface area (Å²) in [5, 5.41) is 2.13. The molecule has 12 rings (SSSR count). The molecule has 0 aliphatic heterocycles. The van der Waals surface area contributed by atoms with E-state index in [9.17, 15) is 0 Å². The molecule has 4 heterocycles. The Bertz CT molecular complexity index is 3470. The summed E-state index contributed by atoms with van der Waals surface area (Å²) in [6, 6.07) is 64.6. The fraction of sp³-hybridized carbons (Fsp3) is 0. The topological polar surface area (TPSA) is 74.8 Å². The van der Waals surface area contributed by atoms with Crippen LogP contribution in [-0.2, 0) is 0 Å². The van der Waals surface area contributed by atoms with Crippen molar-refractivity contribution in [3.05, 3.63) is 188 Å². The number of benzene rings is 8. The number of rotatable bonds is 6. The summed E-state index contributed by atoms with van der Waals surface area (Å²) in [4.78, 5) is 14.9. The Labute approximate surface area is 331 Å². The molecule has 272 valence electrons. The molecule has 7 nitrogen and oxygen atoms in total. The molecule has 58 heavy (non-hydrogen) atoms. The number of aromatic nitrogens is 5. The summed E-state index contributed by atoms with van der Waals surface area (Å²) in [5.41, 5.74) is 14.4. The second kappa shape index (κ2) is 12.8. The van der Waals surface area contributed by atoms with E-state index in [-0.39, 0.29) is 0 Å². The van der Waals surface area contributed by atoms with Crippen molar-refractivity contribution in [2.24, 2.45) is 0 Å². The van der Waals surface area contributed by atoms with Gasteiger partial charge in [0.05, 0.1) is 22.1 Å². The minimum absolute atomic E-state index is 0.573. The number of fused-ring (bicyclic) bond motifs is 6. The molecule has 0 bridgehead atoms. The first-order chi connectivity index (χ1) is 28.7. The third-order valence-corrected chi connectivity index (χ3v) is 11.0. The van der Waals surface area contributed by atoms with E-state index in [4.69, 9.17) is 23.8 Å². The van der Waals surface area contributed by atoms with E-state index in [0.717, 1.165) is 100 Å². The second-order valence-electron chi connectivity index (χ2n) is 14.5. The highest BCUT2D eigenvalue weighted by atomic mass is 16.4. The van der Waals surface area contributed by atoms with E-state index in [1.54, 1.807) is 0 Å². The number of nitrogens with zero attached hydrogens (tertiary/aromatic N) is 5. The van der Waals surface area contributed by atoms with Gasteiger partial charge in [-0.05, 0) is 120 Å². The third kappa shape index (κ3) is 5.18. The third-order valence-electron chi connectivity index (χ3n) is 11.0. The van der Waals surface area contributed by atoms with Crippen molar-refractivity contribution in [2.75, 3.05) is 0 Å². The molecule has 7 heteroatoms. The predicted molar refractivity (Wildman–Crippen MR) is 232 cm³/mol. The van der Waals surface area contributed by atoms with Gasteiger partial charge in [0.25, 0.3) is 0 Å². The predicted octanol–water partition coefficient (Wildman–Crippen LogP) is 13.1. The van der Waals surface area contributed by atoms with E-state index >= 15 is 0 Å². The maximum absolute atomic E-state index is 6.46. The first kappa shape index (κ1) is 32.2. The van der Waals surface area contributed by atoms with Gasteiger partial charge in [0.2, 0.25) is 11.8 Å². The fourth-order valence-electron chi connectivity index (χ4n) is 8.24. The van der Waals surface area contributed by atoms with Crippen molar-refractivity contribution < 1.29 is 8.83 Å². The zero-order chi connectivity index (χ0) is 38.2. The number of hydrogen-bond acceptors (Lipinski definition) is 5. The largest absolute Gasteiger partial charge is 0.436 e. The highest BCUT2D eigenvalue weighted by molar-refractivity contribution is 6.11. The Kier molecular flexibility index (Phi) is 7.09. The van der Waals surface area contributed by atoms with Gasteiger partial charge in [0, 0.05) is 38.8 Å². The quantitative estimate of drug-likeness (QED) is 0.169. The van der Waals surface area contributed by atoms with Crippen molar-refractivity contribution in [1.29, 1.82) is 0 Å². The van der Waals surface area contributed by atoms with Gasteiger partial charge in [-0.2, -0.15) is 0 Å². The molecule has 0 atom stereocenters. The summed E-state index contributed by atoms with van der Waals surface area (Å²) in [7, 11) is 0. The lowest BCUT2D eigenvalue weighted by Crippen LogP contribution is -1.98. The maximum atomic E-state index is 6.46. The molecule has 0 aliphatic carbocycles. The first-order valence-corrected chi connectivity index (χ1v) is 19.3. The van der Waals surface area contributed by atoms with Gasteiger partial charge in [-0.15, -0.1) is 0 Å². The summed E-state index contributed by atoms with van der Waals surface area (Å²) >= 11 is 0. The van der Waals surface area contributed by atoms with Crippen LogP contribution < -0.4 is 0 Å². The van der Waals surface area contributed by atoms with Crippen molar-refractivity contribution in [2.45, 2.75) is 0 Å². The second-order valence-corrected chi connectivity index (χ2v) is 14.5. The van der Waals surface area contributed by atoms with Crippen LogP contribution in [0.15, 0.2) is 197 Å². The Morgan fingerprint density at radius 1 is 0.328 bits per heavy atom. The fourth-order valence-corrected chi connectivity index (χ4v) is 8.24. The maximum Gasteiger partial charge on any atom is 0.227 e. The van der Waals surface area contributed by atoms with Gasteiger partial charge in [-0.3, -0.25) is 4.57 Å². The standard InChI is InChI=1S/C51H31N5O2/c1-3-11-32(12-4-1)34-21-26-43-48(31-34)58-51(54-43)36-23-28-45-40(30-36)39-29-35(50-53-42-16-8-10-18-47(42)57-50)22-27-44(39)55(45)38-24-19-33(20-25-38)49-52-41-15-7-9-17-46(41)56(49)37-13-5-2-6-14-37/h1-31H. The van der Waals surface area contributed by atoms with Gasteiger partial charge < -0.3 is 13.4 Å². The van der Waals surface area contributed by atoms with Crippen LogP contribution in [0.4, 0.5) is 0 Å². The summed E-state index contributed by atoms with van der Waals surface area (Å²) in [5.74, 6) is 2.05. The number of hydrogen-bond donors (Lipinski definition) is 0. The molecule has 0 saturated heterocycles. The molecule has 0 amide bonds. The lowest BCUT2D eigenvalue weighted by atomic mass is 10.1. The van der Waals surface area contributed by atoms with Crippen molar-refractivity contribution >= 4 is 55.0 Å². The molecule has 0 unspecified atom stereocenters. The lowest BCUT2D eigenvalue weighted by Gasteiger charge is -2.12. The Morgan fingerprint density at radius 2 is 0.879 bits per heavy atom. The molecule has 0 spiro atoms. The highest BCUT2D eigenvalue weighted by Crippen LogP contribution is 2.39. The lowest BCUT2D eigenvalue weighted by molar-refractivity contribution is 0.619. The van der Waals surface area contributed by atoms with E-state index < -0.39 is 0 Å². The van der Waals surface area contributed by atoms with Crippen molar-refractivity contribution in [1.82, 2.24) is 24.1 Å². The molecule has 0 saturated carbocycles. The van der Waals surface area contributed by atoms with Gasteiger partial charge in [0.15, 0.2) is 11.2 Å². The minimum atomic E-state index is 0.573. The average molecular weight is 746 g/mol. The molecule has 4 aromatic heterocycles. The molecule has 0 fully saturated rings. The highest BCUT2D eigenvalue weighted by Gasteiger charge is 2.19. The van der Waals surface area contributed by atoms with Gasteiger partial charge in [0.1, 0.15) is 16.9 Å². The monoisotopic (exact) mass is 745 g/mol. The van der Waals surface area contributed by atoms with Crippen LogP contribution in [0.5, 0.6) is 0 Å². The van der Waals surface area contributed by atoms with Crippen molar-refractivity contribution in [3.8, 4) is 56.8 Å². The number of para-hydroxylation sites is 5. The normalized spacial score (nSPS) is 11.8. The van der Waals surface area contributed by atoms with Crippen molar-refractivity contribution in [3.63, 3.8) is 0 Å². The molecule has 0 N–H and O–H groups in total. The number of oxazole rings is 2. The summed E-state index contributed by atoms with van der Waals surface area (Å²) in [6.07, 6.45) is 0. The molecule has 8 aromatic carbocycles. The van der Waals surface area contributed by atoms with Crippen LogP contribution in [0, 0.1) is 0 Å². The molecular weight excluding hydrogens is 715 g/mol. The summed E-state index contributed by atoms with van der Waals surface area (Å²) < 4.78 is 17.2. The molecule has 12 aromatic rings. The SMILES string of the molecule is c1ccc(-c2ccc3nc(-c4ccc5c(c4)c4cc(-c6nc7ccccc7o6)ccc4n5-c4ccc(-c5nc6ccccc6n5-c5ccccc5)cc4)oc3c2)cc1. The molecular formula is C51H31N5O2. The van der Waals surface area contributed by atoms with E-state index in [0.29, 0.717) is 11.8 Å². The zero-order valence-corrected chi connectivity index (χ0v) is 31.0. The van der Waals surface area contributed by atoms with E-state index in [2.05, 4.69) is 137 Å². The minimum Gasteiger partial charge on any atom is -0.436 e. The molecule has 0 aliphatic rings. The Hall–Kier alpha value is -8.03. The first-order valence-electron chi connectivity index (χ1n) is 19.3. The van der Waals surface area contributed by atoms with Gasteiger partial charge >= 0.3 is 0 Å². The average Bonchev–Trinajstić information content (AvgIpc) is 4.08. The van der Waals surface area contributed by atoms with Crippen LogP contribution in [0.3, 0.4) is 0 Å².